The number of hydrogen-bond donors (Lipinski definition) is 0. The Labute approximate surface area is 881 Å². The van der Waals surface area contributed by atoms with Crippen LogP contribution in [0.25, 0.3) is 43.6 Å². The Bertz CT molecular complexity index is 6600. The van der Waals surface area contributed by atoms with Gasteiger partial charge in [-0.05, 0) is 36.2 Å². The quantitative estimate of drug-likeness (QED) is 0.0125. The second kappa shape index (κ2) is 59.7. The third-order valence-corrected chi connectivity index (χ3v) is 28.3. The number of aryl methyl sites for hydroxylation is 1. The summed E-state index contributed by atoms with van der Waals surface area (Å²) in [5.74, 6) is 18.6. The van der Waals surface area contributed by atoms with Crippen molar-refractivity contribution < 1.29 is 149 Å². The maximum atomic E-state index is 11.3. The minimum Gasteiger partial charge on any atom is -0.271 e. The smallest absolute Gasteiger partial charge is 0.253 e. The van der Waals surface area contributed by atoms with E-state index in [9.17, 15) is 9.59 Å². The minimum absolute atomic E-state index is 0.102. The first-order valence-corrected chi connectivity index (χ1v) is 56.0. The molecule has 0 atom stereocenters. The Balaban J connectivity index is 0.000000187. The van der Waals surface area contributed by atoms with Gasteiger partial charge in [0.2, 0.25) is 0 Å². The number of carbonyl (C=O) groups excluding carboxylic acids is 2. The molecule has 0 saturated carbocycles. The molecule has 0 unspecified atom stereocenters. The molecule has 143 heavy (non-hydrogen) atoms. The van der Waals surface area contributed by atoms with Crippen LogP contribution < -0.4 is 121 Å². The number of nitrogens with zero attached hydrogens (tertiary/aromatic N) is 13. The molecule has 1 aliphatic rings. The molecule has 0 bridgehead atoms. The fourth-order valence-electron chi connectivity index (χ4n) is 14.1. The maximum absolute atomic E-state index is 11.3. The molecule has 5 heterocycles. The molecule has 0 radical (unpaired) electrons. The van der Waals surface area contributed by atoms with Gasteiger partial charge >= 0.3 is 580 Å². The molecule has 0 saturated heterocycles. The number of aromatic nitrogens is 8. The van der Waals surface area contributed by atoms with Crippen LogP contribution in [-0.4, -0.2) is 262 Å². The molecular formula is C108H118I4N13O18-3. The normalized spacial score (nSPS) is 11.3. The number of hydrogen-bond acceptors (Lipinski definition) is 30. The van der Waals surface area contributed by atoms with E-state index in [1.165, 1.54) is 20.6 Å². The number of anilines is 8. The first kappa shape index (κ1) is 113. The van der Waals surface area contributed by atoms with E-state index in [4.69, 9.17) is 101 Å². The summed E-state index contributed by atoms with van der Waals surface area (Å²) in [6.07, 6.45) is 31.4. The number of halogens is 4. The van der Waals surface area contributed by atoms with Crippen LogP contribution in [0.3, 0.4) is 0 Å². The fourth-order valence-corrected chi connectivity index (χ4v) is 19.9. The molecule has 754 valence electrons. The Morgan fingerprint density at radius 1 is 0.357 bits per heavy atom. The molecule has 0 fully saturated rings. The van der Waals surface area contributed by atoms with E-state index < -0.39 is 21.2 Å². The van der Waals surface area contributed by atoms with E-state index in [0.29, 0.717) is 147 Å². The van der Waals surface area contributed by atoms with Crippen molar-refractivity contribution in [1.29, 1.82) is 0 Å². The number of amides is 2. The van der Waals surface area contributed by atoms with Crippen molar-refractivity contribution >= 4 is 124 Å². The zero-order valence-electron chi connectivity index (χ0n) is 83.0. The van der Waals surface area contributed by atoms with Crippen molar-refractivity contribution in [2.75, 3.05) is 225 Å². The van der Waals surface area contributed by atoms with Crippen molar-refractivity contribution in [1.82, 2.24) is 44.8 Å². The summed E-state index contributed by atoms with van der Waals surface area (Å²) >= 11 is 1.45. The van der Waals surface area contributed by atoms with Crippen molar-refractivity contribution in [2.24, 2.45) is 0 Å². The molecule has 0 N–H and O–H groups in total. The topological polar surface area (TPSA) is 301 Å². The molecule has 4 aromatic heterocycles. The van der Waals surface area contributed by atoms with E-state index in [1.54, 1.807) is 82.2 Å². The minimum atomic E-state index is -0.411. The third kappa shape index (κ3) is 31.3. The van der Waals surface area contributed by atoms with Crippen molar-refractivity contribution in [2.45, 2.75) is 17.9 Å². The van der Waals surface area contributed by atoms with Crippen molar-refractivity contribution in [3.05, 3.63) is 233 Å². The van der Waals surface area contributed by atoms with E-state index in [1.807, 2.05) is 182 Å². The number of ether oxygens (including phenoxy) is 16. The van der Waals surface area contributed by atoms with Crippen LogP contribution in [0, 0.1) is 67.0 Å². The van der Waals surface area contributed by atoms with Gasteiger partial charge in [-0.3, -0.25) is 14.5 Å². The Morgan fingerprint density at radius 2 is 0.734 bits per heavy atom. The maximum Gasteiger partial charge on any atom is 0.253 e. The van der Waals surface area contributed by atoms with Gasteiger partial charge < -0.3 is 28.6 Å². The molecular weight excluding hydrogens is 2270 g/mol. The van der Waals surface area contributed by atoms with Gasteiger partial charge in [-0.25, -0.2) is 9.97 Å². The summed E-state index contributed by atoms with van der Waals surface area (Å²) in [5.41, 5.74) is 13.6. The van der Waals surface area contributed by atoms with Crippen LogP contribution >= 0.6 is 22.6 Å². The largest absolute Gasteiger partial charge is 0.271 e. The molecule has 13 aromatic rings. The van der Waals surface area contributed by atoms with E-state index in [-0.39, 0.29) is 54.2 Å². The van der Waals surface area contributed by atoms with Gasteiger partial charge in [0.1, 0.15) is 25.4 Å². The zero-order valence-corrected chi connectivity index (χ0v) is 91.7. The Morgan fingerprint density at radius 3 is 1.19 bits per heavy atom. The summed E-state index contributed by atoms with van der Waals surface area (Å²) < 4.78 is 93.3. The number of rotatable bonds is 46. The van der Waals surface area contributed by atoms with Crippen molar-refractivity contribution in [3.63, 3.8) is 0 Å². The predicted octanol–water partition coefficient (Wildman–Crippen LogP) is 6.74. The first-order chi connectivity index (χ1) is 69.7. The van der Waals surface area contributed by atoms with E-state index in [2.05, 4.69) is 119 Å². The summed E-state index contributed by atoms with van der Waals surface area (Å²) in [6.45, 7) is 9.42. The molecule has 9 aromatic carbocycles. The Hall–Kier alpha value is -12.3. The third-order valence-electron chi connectivity index (χ3n) is 21.5. The van der Waals surface area contributed by atoms with Gasteiger partial charge in [-0.2, -0.15) is 0 Å². The van der Waals surface area contributed by atoms with Gasteiger partial charge in [0.15, 0.2) is 11.5 Å². The second-order valence-electron chi connectivity index (χ2n) is 30.7. The molecule has 35 heteroatoms. The average Bonchev–Trinajstić information content (AvgIpc) is 1.00. The van der Waals surface area contributed by atoms with E-state index >= 15 is 0 Å². The van der Waals surface area contributed by atoms with Crippen LogP contribution in [0.1, 0.15) is 38.9 Å². The number of methoxy groups -OCH3 is 8. The molecule has 1 aliphatic heterocycles. The first-order valence-electron chi connectivity index (χ1n) is 44.8. The number of terminal acetylenes is 4. The van der Waals surface area contributed by atoms with E-state index in [0.717, 1.165) is 152 Å². The number of carbonyl (C=O) groups is 2. The van der Waals surface area contributed by atoms with Gasteiger partial charge in [0.25, 0.3) is 11.8 Å². The number of benzene rings is 9. The number of fused-ring (bicyclic) bond motifs is 4. The second-order valence-corrected chi connectivity index (χ2v) is 38.1. The molecule has 2 amide bonds. The average molecular weight is 2390 g/mol. The van der Waals surface area contributed by atoms with Crippen LogP contribution in [0.2, 0.25) is 0 Å². The zero-order chi connectivity index (χ0) is 103. The molecule has 0 aliphatic carbocycles. The van der Waals surface area contributed by atoms with Crippen LogP contribution in [0.5, 0.6) is 46.0 Å². The number of alkyl halides is 4. The number of imide groups is 1. The van der Waals surface area contributed by atoms with Crippen LogP contribution in [0.4, 0.5) is 46.0 Å². The van der Waals surface area contributed by atoms with Crippen LogP contribution in [-0.2, 0) is 58.5 Å². The van der Waals surface area contributed by atoms with Gasteiger partial charge in [0, 0.05) is 74.8 Å². The monoisotopic (exact) mass is 2390 g/mol. The SMILES string of the molecule is C#Cc1cc([I-]C)cc(N(C)c2ncnc3cc(OCCOC)c(OCCOC)cc23)c1.C#Cc1ccc(CI)c(N(C)c2ncnc3cc(OCCOC)c(OCCOC)cc23)c1.C#Cc1cccc(N(C)c2ncnc3c([I-]C)c(OCCOC)c(OCCOC)cc23)c1.C#Cc1cccc(N(C)c2ncnc3cc(OCCOC)c(OCCOC)c([I-]C)c23)c1.Cc1ccc(CN2C(=O)C=CC2=O)cc1. The predicted molar refractivity (Wildman–Crippen MR) is 554 cm³/mol. The van der Waals surface area contributed by atoms with Gasteiger partial charge in [-0.1, -0.05) is 64.4 Å². The standard InChI is InChI=1S/3C24H27IN3O4.C24H26IN3O4.C12H11NO2/c1-6-17-11-18(25-2)13-19(12-17)28(3)24-20-14-22(31-9-7-29-4)23(32-10-8-30-5)15-21(20)26-16-27-24;1-6-17-8-7-9-18(14-17)28(3)24-19-15-20(31-12-10-29-4)23(32-13-11-30-5)21(25-2)22(19)26-16-27-24;1-6-17-8-7-9-18(14-17)28(3)24-21-19(26-16-27-24)15-20(31-12-10-29-4)23(22(21)25-2)32-13-11-30-5;1-5-17-6-7-18(15-25)21(12-17)28(2)24-19-13-22(31-10-8-29-3)23(32-11-9-30-4)14-20(19)26-16-27-24;1-9-2-4-10(5-3-9)8-13-11(14)6-7-12(13)15/h1,11-16H,7-10H2,2-5H3;2*1,7-9,14-16H,10-13H2,2-5H3;1,6-7,12-14,16H,8-11,15H2,2-4H3;2-7H,8H2,1H3/q3*-1;;. The van der Waals surface area contributed by atoms with Crippen molar-refractivity contribution in [3.8, 4) is 95.4 Å². The molecule has 31 nitrogen and oxygen atoms in total. The van der Waals surface area contributed by atoms with Gasteiger partial charge in [0.05, 0.1) is 25.3 Å². The Kier molecular flexibility index (Phi) is 47.0. The summed E-state index contributed by atoms with van der Waals surface area (Å²) in [4.78, 5) is 74.9. The summed E-state index contributed by atoms with van der Waals surface area (Å²) in [5, 5.41) is 3.54. The van der Waals surface area contributed by atoms with Gasteiger partial charge in [-0.15, -0.1) is 6.42 Å². The summed E-state index contributed by atoms with van der Waals surface area (Å²) in [6, 6.07) is 47.1. The van der Waals surface area contributed by atoms with Crippen LogP contribution in [0.15, 0.2) is 183 Å². The fraction of sp³-hybridized carbons (Fsp3) is 0.315. The summed E-state index contributed by atoms with van der Waals surface area (Å²) in [7, 11) is 21.0. The molecule has 14 rings (SSSR count). The molecule has 0 spiro atoms.